The minimum atomic E-state index is -0.0439. The molecule has 2 aromatic rings. The second kappa shape index (κ2) is 6.38. The van der Waals surface area contributed by atoms with E-state index in [1.165, 1.54) is 0 Å². The molecule has 0 N–H and O–H groups in total. The largest absolute Gasteiger partial charge is 0.333 e. The predicted molar refractivity (Wildman–Crippen MR) is 75.1 cm³/mol. The van der Waals surface area contributed by atoms with Crippen molar-refractivity contribution >= 4 is 17.5 Å². The molecule has 2 rings (SSSR count). The van der Waals surface area contributed by atoms with Crippen molar-refractivity contribution in [1.29, 1.82) is 0 Å². The molecule has 100 valence electrons. The van der Waals surface area contributed by atoms with Gasteiger partial charge in [0.25, 0.3) is 5.91 Å². The van der Waals surface area contributed by atoms with Gasteiger partial charge in [0, 0.05) is 32.2 Å². The fourth-order valence-electron chi connectivity index (χ4n) is 1.87. The van der Waals surface area contributed by atoms with Crippen molar-refractivity contribution in [2.45, 2.75) is 6.54 Å². The van der Waals surface area contributed by atoms with Gasteiger partial charge in [0.1, 0.15) is 0 Å². The van der Waals surface area contributed by atoms with E-state index in [1.54, 1.807) is 29.0 Å². The summed E-state index contributed by atoms with van der Waals surface area (Å²) in [5, 5.41) is 4.02. The predicted octanol–water partition coefficient (Wildman–Crippen LogP) is 2.30. The number of benzene rings is 1. The zero-order valence-corrected chi connectivity index (χ0v) is 11.5. The Labute approximate surface area is 117 Å². The maximum absolute atomic E-state index is 12.4. The molecule has 19 heavy (non-hydrogen) atoms. The second-order valence-corrected chi connectivity index (χ2v) is 4.68. The molecule has 0 bridgehead atoms. The number of halogens is 1. The van der Waals surface area contributed by atoms with Gasteiger partial charge in [-0.15, -0.1) is 11.6 Å². The van der Waals surface area contributed by atoms with E-state index >= 15 is 0 Å². The molecule has 0 atom stereocenters. The van der Waals surface area contributed by atoms with Crippen molar-refractivity contribution in [3.05, 3.63) is 53.9 Å². The smallest absolute Gasteiger partial charge is 0.257 e. The van der Waals surface area contributed by atoms with E-state index in [-0.39, 0.29) is 5.91 Å². The number of hydrogen-bond donors (Lipinski definition) is 0. The molecule has 5 heteroatoms. The monoisotopic (exact) mass is 277 g/mol. The third-order valence-corrected chi connectivity index (χ3v) is 2.98. The minimum absolute atomic E-state index is 0.0439. The van der Waals surface area contributed by atoms with Crippen molar-refractivity contribution in [3.8, 4) is 0 Å². The quantitative estimate of drug-likeness (QED) is 0.787. The molecule has 1 amide bonds. The zero-order valence-electron chi connectivity index (χ0n) is 10.8. The molecule has 4 nitrogen and oxygen atoms in total. The molecular weight excluding hydrogens is 262 g/mol. The van der Waals surface area contributed by atoms with Crippen molar-refractivity contribution in [1.82, 2.24) is 14.7 Å². The normalized spacial score (nSPS) is 10.4. The number of amides is 1. The van der Waals surface area contributed by atoms with Crippen molar-refractivity contribution in [2.75, 3.05) is 12.4 Å². The highest BCUT2D eigenvalue weighted by atomic mass is 35.5. The molecule has 0 aliphatic heterocycles. The van der Waals surface area contributed by atoms with Gasteiger partial charge in [-0.2, -0.15) is 5.10 Å². The van der Waals surface area contributed by atoms with Crippen LogP contribution in [-0.4, -0.2) is 33.0 Å². The van der Waals surface area contributed by atoms with E-state index in [0.29, 0.717) is 24.5 Å². The Balaban J connectivity index is 2.13. The summed E-state index contributed by atoms with van der Waals surface area (Å²) in [4.78, 5) is 14.1. The van der Waals surface area contributed by atoms with Crippen LogP contribution in [-0.2, 0) is 13.6 Å². The SMILES string of the molecule is Cn1cc(C(=O)N(CCCl)Cc2ccccc2)cn1. The van der Waals surface area contributed by atoms with Crippen LogP contribution in [0.3, 0.4) is 0 Å². The molecule has 0 aliphatic rings. The molecule has 0 spiro atoms. The van der Waals surface area contributed by atoms with Gasteiger partial charge in [0.05, 0.1) is 11.8 Å². The highest BCUT2D eigenvalue weighted by Crippen LogP contribution is 2.09. The first kappa shape index (κ1) is 13.6. The molecule has 1 aromatic carbocycles. The summed E-state index contributed by atoms with van der Waals surface area (Å²) < 4.78 is 1.62. The van der Waals surface area contributed by atoms with Crippen molar-refractivity contribution < 1.29 is 4.79 Å². The Morgan fingerprint density at radius 3 is 2.68 bits per heavy atom. The number of nitrogens with zero attached hydrogens (tertiary/aromatic N) is 3. The van der Waals surface area contributed by atoms with Gasteiger partial charge in [0.15, 0.2) is 0 Å². The maximum atomic E-state index is 12.4. The summed E-state index contributed by atoms with van der Waals surface area (Å²) in [6, 6.07) is 9.87. The van der Waals surface area contributed by atoms with E-state index in [4.69, 9.17) is 11.6 Å². The van der Waals surface area contributed by atoms with Crippen LogP contribution >= 0.6 is 11.6 Å². The first-order chi connectivity index (χ1) is 9.20. The van der Waals surface area contributed by atoms with E-state index in [0.717, 1.165) is 5.56 Å². The highest BCUT2D eigenvalue weighted by Gasteiger charge is 2.16. The van der Waals surface area contributed by atoms with Gasteiger partial charge < -0.3 is 4.90 Å². The Kier molecular flexibility index (Phi) is 4.58. The number of alkyl halides is 1. The second-order valence-electron chi connectivity index (χ2n) is 4.30. The molecule has 1 heterocycles. The molecule has 0 unspecified atom stereocenters. The Morgan fingerprint density at radius 2 is 2.11 bits per heavy atom. The summed E-state index contributed by atoms with van der Waals surface area (Å²) in [5.41, 5.74) is 1.67. The van der Waals surface area contributed by atoms with E-state index in [1.807, 2.05) is 30.3 Å². The average molecular weight is 278 g/mol. The van der Waals surface area contributed by atoms with Crippen LogP contribution in [0.5, 0.6) is 0 Å². The Hall–Kier alpha value is -1.81. The Bertz CT molecular complexity index is 539. The summed E-state index contributed by atoms with van der Waals surface area (Å²) in [7, 11) is 1.79. The number of hydrogen-bond acceptors (Lipinski definition) is 2. The summed E-state index contributed by atoms with van der Waals surface area (Å²) in [6.07, 6.45) is 3.29. The lowest BCUT2D eigenvalue weighted by Crippen LogP contribution is -2.32. The summed E-state index contributed by atoms with van der Waals surface area (Å²) in [6.45, 7) is 1.07. The van der Waals surface area contributed by atoms with Gasteiger partial charge in [-0.25, -0.2) is 0 Å². The maximum Gasteiger partial charge on any atom is 0.257 e. The average Bonchev–Trinajstić information content (AvgIpc) is 2.85. The standard InChI is InChI=1S/C14H16ClN3O/c1-17-11-13(9-16-17)14(19)18(8-7-15)10-12-5-3-2-4-6-12/h2-6,9,11H,7-8,10H2,1H3. The van der Waals surface area contributed by atoms with Crippen LogP contribution in [0.25, 0.3) is 0 Å². The van der Waals surface area contributed by atoms with Gasteiger partial charge in [-0.05, 0) is 5.56 Å². The molecule has 0 fully saturated rings. The number of rotatable bonds is 5. The lowest BCUT2D eigenvalue weighted by Gasteiger charge is -2.21. The topological polar surface area (TPSA) is 38.1 Å². The molecule has 0 aliphatic carbocycles. The van der Waals surface area contributed by atoms with Gasteiger partial charge >= 0.3 is 0 Å². The molecule has 0 saturated heterocycles. The minimum Gasteiger partial charge on any atom is -0.333 e. The molecule has 1 aromatic heterocycles. The zero-order chi connectivity index (χ0) is 13.7. The van der Waals surface area contributed by atoms with Crippen LogP contribution in [0.2, 0.25) is 0 Å². The van der Waals surface area contributed by atoms with Crippen LogP contribution in [0.1, 0.15) is 15.9 Å². The third-order valence-electron chi connectivity index (χ3n) is 2.81. The molecular formula is C14H16ClN3O. The van der Waals surface area contributed by atoms with Crippen LogP contribution in [0, 0.1) is 0 Å². The van der Waals surface area contributed by atoms with Gasteiger partial charge in [-0.3, -0.25) is 9.48 Å². The number of carbonyl (C=O) groups excluding carboxylic acids is 1. The number of aryl methyl sites for hydroxylation is 1. The first-order valence-corrected chi connectivity index (χ1v) is 6.62. The Morgan fingerprint density at radius 1 is 1.37 bits per heavy atom. The highest BCUT2D eigenvalue weighted by molar-refractivity contribution is 6.18. The van der Waals surface area contributed by atoms with E-state index in [9.17, 15) is 4.79 Å². The number of aromatic nitrogens is 2. The van der Waals surface area contributed by atoms with E-state index in [2.05, 4.69) is 5.10 Å². The van der Waals surface area contributed by atoms with Crippen LogP contribution < -0.4 is 0 Å². The molecule has 0 saturated carbocycles. The number of carbonyl (C=O) groups is 1. The van der Waals surface area contributed by atoms with Crippen molar-refractivity contribution in [2.24, 2.45) is 7.05 Å². The summed E-state index contributed by atoms with van der Waals surface area (Å²) in [5.74, 6) is 0.372. The van der Waals surface area contributed by atoms with E-state index < -0.39 is 0 Å². The lowest BCUT2D eigenvalue weighted by atomic mass is 10.2. The molecule has 0 radical (unpaired) electrons. The van der Waals surface area contributed by atoms with Crippen LogP contribution in [0.4, 0.5) is 0 Å². The van der Waals surface area contributed by atoms with Crippen LogP contribution in [0.15, 0.2) is 42.7 Å². The third kappa shape index (κ3) is 3.58. The fraction of sp³-hybridized carbons (Fsp3) is 0.286. The summed E-state index contributed by atoms with van der Waals surface area (Å²) >= 11 is 5.78. The van der Waals surface area contributed by atoms with Gasteiger partial charge in [-0.1, -0.05) is 30.3 Å². The lowest BCUT2D eigenvalue weighted by molar-refractivity contribution is 0.0753. The van der Waals surface area contributed by atoms with Crippen molar-refractivity contribution in [3.63, 3.8) is 0 Å². The van der Waals surface area contributed by atoms with Gasteiger partial charge in [0.2, 0.25) is 0 Å². The first-order valence-electron chi connectivity index (χ1n) is 6.08. The fourth-order valence-corrected chi connectivity index (χ4v) is 2.08.